The average molecular weight is 333 g/mol. The molecule has 0 bridgehead atoms. The number of halogens is 3. The second kappa shape index (κ2) is 6.60. The Bertz CT molecular complexity index is 559. The van der Waals surface area contributed by atoms with Gasteiger partial charge in [0.2, 0.25) is 0 Å². The lowest BCUT2D eigenvalue weighted by molar-refractivity contribution is -0.138. The van der Waals surface area contributed by atoms with Crippen molar-refractivity contribution in [3.8, 4) is 0 Å². The van der Waals surface area contributed by atoms with Crippen molar-refractivity contribution in [3.63, 3.8) is 0 Å². The fourth-order valence-electron chi connectivity index (χ4n) is 2.26. The molecule has 4 nitrogen and oxygen atoms in total. The number of aliphatic carboxylic acids is 1. The Balaban J connectivity index is 2.16. The first kappa shape index (κ1) is 16.7. The van der Waals surface area contributed by atoms with Gasteiger partial charge in [-0.2, -0.15) is 24.9 Å². The van der Waals surface area contributed by atoms with E-state index in [4.69, 9.17) is 5.11 Å². The fourth-order valence-corrected chi connectivity index (χ4v) is 3.32. The van der Waals surface area contributed by atoms with E-state index < -0.39 is 29.7 Å². The molecule has 0 aliphatic carbocycles. The average Bonchev–Trinajstić information content (AvgIpc) is 2.46. The molecule has 0 saturated carbocycles. The van der Waals surface area contributed by atoms with Gasteiger partial charge in [-0.15, -0.1) is 0 Å². The number of amides is 1. The van der Waals surface area contributed by atoms with Crippen LogP contribution in [-0.4, -0.2) is 46.0 Å². The highest BCUT2D eigenvalue weighted by Crippen LogP contribution is 2.29. The van der Waals surface area contributed by atoms with Crippen molar-refractivity contribution in [1.29, 1.82) is 0 Å². The Morgan fingerprint density at radius 3 is 2.45 bits per heavy atom. The maximum absolute atomic E-state index is 12.5. The van der Waals surface area contributed by atoms with Gasteiger partial charge < -0.3 is 10.0 Å². The molecule has 0 aromatic heterocycles. The predicted molar refractivity (Wildman–Crippen MR) is 75.8 cm³/mol. The number of alkyl halides is 3. The zero-order chi connectivity index (χ0) is 16.3. The van der Waals surface area contributed by atoms with Crippen LogP contribution in [0.4, 0.5) is 13.2 Å². The summed E-state index contributed by atoms with van der Waals surface area (Å²) in [6.45, 7) is 0.391. The maximum Gasteiger partial charge on any atom is 0.416 e. The number of hydrogen-bond acceptors (Lipinski definition) is 3. The SMILES string of the molecule is O=C(O)CC1CSCCN1C(=O)c1ccc(C(F)(F)F)cc1. The van der Waals surface area contributed by atoms with Crippen molar-refractivity contribution in [3.05, 3.63) is 35.4 Å². The van der Waals surface area contributed by atoms with E-state index in [0.29, 0.717) is 18.1 Å². The number of carboxylic acids is 1. The predicted octanol–water partition coefficient (Wildman–Crippen LogP) is 2.74. The number of benzene rings is 1. The van der Waals surface area contributed by atoms with E-state index in [-0.39, 0.29) is 12.0 Å². The maximum atomic E-state index is 12.5. The van der Waals surface area contributed by atoms with Gasteiger partial charge in [-0.1, -0.05) is 0 Å². The molecule has 0 radical (unpaired) electrons. The van der Waals surface area contributed by atoms with Gasteiger partial charge in [0.25, 0.3) is 5.91 Å². The summed E-state index contributed by atoms with van der Waals surface area (Å²) in [5.74, 6) is -0.237. The van der Waals surface area contributed by atoms with Crippen molar-refractivity contribution < 1.29 is 27.9 Å². The Labute approximate surface area is 129 Å². The Morgan fingerprint density at radius 2 is 1.91 bits per heavy atom. The van der Waals surface area contributed by atoms with Crippen molar-refractivity contribution in [1.82, 2.24) is 4.90 Å². The summed E-state index contributed by atoms with van der Waals surface area (Å²) < 4.78 is 37.6. The molecule has 22 heavy (non-hydrogen) atoms. The van der Waals surface area contributed by atoms with Gasteiger partial charge in [-0.3, -0.25) is 9.59 Å². The number of rotatable bonds is 3. The fraction of sp³-hybridized carbons (Fsp3) is 0.429. The number of thioether (sulfide) groups is 1. The molecule has 1 N–H and O–H groups in total. The summed E-state index contributed by atoms with van der Waals surface area (Å²) in [4.78, 5) is 24.7. The molecular formula is C14H14F3NO3S. The number of carbonyl (C=O) groups is 2. The van der Waals surface area contributed by atoms with E-state index >= 15 is 0 Å². The van der Waals surface area contributed by atoms with Gasteiger partial charge in [0, 0.05) is 23.6 Å². The second-order valence-electron chi connectivity index (χ2n) is 4.90. The van der Waals surface area contributed by atoms with Crippen LogP contribution in [0.2, 0.25) is 0 Å². The lowest BCUT2D eigenvalue weighted by atomic mass is 10.1. The molecule has 0 spiro atoms. The third-order valence-electron chi connectivity index (χ3n) is 3.36. The molecule has 1 heterocycles. The first-order valence-electron chi connectivity index (χ1n) is 6.57. The van der Waals surface area contributed by atoms with Gasteiger partial charge in [0.15, 0.2) is 0 Å². The molecule has 1 aliphatic heterocycles. The minimum atomic E-state index is -4.45. The summed E-state index contributed by atoms with van der Waals surface area (Å²) in [7, 11) is 0. The van der Waals surface area contributed by atoms with Gasteiger partial charge in [-0.25, -0.2) is 0 Å². The zero-order valence-corrected chi connectivity index (χ0v) is 12.3. The van der Waals surface area contributed by atoms with Crippen LogP contribution in [0.3, 0.4) is 0 Å². The summed E-state index contributed by atoms with van der Waals surface area (Å²) in [5, 5.41) is 8.89. The van der Waals surface area contributed by atoms with Crippen LogP contribution >= 0.6 is 11.8 Å². The number of hydrogen-bond donors (Lipinski definition) is 1. The molecule has 1 aromatic carbocycles. The van der Waals surface area contributed by atoms with Crippen LogP contribution in [-0.2, 0) is 11.0 Å². The quantitative estimate of drug-likeness (QED) is 0.924. The highest BCUT2D eigenvalue weighted by molar-refractivity contribution is 7.99. The Hall–Kier alpha value is -1.70. The summed E-state index contributed by atoms with van der Waals surface area (Å²) in [5.41, 5.74) is -0.685. The van der Waals surface area contributed by atoms with E-state index in [1.165, 1.54) is 4.90 Å². The van der Waals surface area contributed by atoms with Gasteiger partial charge in [0.1, 0.15) is 0 Å². The van der Waals surface area contributed by atoms with Crippen LogP contribution in [0.5, 0.6) is 0 Å². The summed E-state index contributed by atoms with van der Waals surface area (Å²) >= 11 is 1.56. The minimum absolute atomic E-state index is 0.135. The van der Waals surface area contributed by atoms with Crippen LogP contribution in [0, 0.1) is 0 Å². The normalized spacial score (nSPS) is 19.0. The van der Waals surface area contributed by atoms with E-state index in [1.54, 1.807) is 11.8 Å². The standard InChI is InChI=1S/C14H14F3NO3S/c15-14(16,17)10-3-1-9(2-4-10)13(21)18-5-6-22-8-11(18)7-12(19)20/h1-4,11H,5-8H2,(H,19,20). The monoisotopic (exact) mass is 333 g/mol. The third kappa shape index (κ3) is 3.94. The molecule has 1 aliphatic rings. The van der Waals surface area contributed by atoms with Crippen molar-refractivity contribution >= 4 is 23.6 Å². The molecule has 1 saturated heterocycles. The Kier molecular flexibility index (Phi) is 5.00. The van der Waals surface area contributed by atoms with Crippen LogP contribution in [0.15, 0.2) is 24.3 Å². The van der Waals surface area contributed by atoms with Crippen LogP contribution in [0.1, 0.15) is 22.3 Å². The van der Waals surface area contributed by atoms with E-state index in [0.717, 1.165) is 24.3 Å². The van der Waals surface area contributed by atoms with Gasteiger partial charge in [-0.05, 0) is 24.3 Å². The van der Waals surface area contributed by atoms with E-state index in [9.17, 15) is 22.8 Å². The highest BCUT2D eigenvalue weighted by Gasteiger charge is 2.32. The van der Waals surface area contributed by atoms with Crippen molar-refractivity contribution in [2.24, 2.45) is 0 Å². The van der Waals surface area contributed by atoms with E-state index in [1.807, 2.05) is 0 Å². The third-order valence-corrected chi connectivity index (χ3v) is 4.45. The smallest absolute Gasteiger partial charge is 0.416 e. The van der Waals surface area contributed by atoms with E-state index in [2.05, 4.69) is 0 Å². The van der Waals surface area contributed by atoms with Gasteiger partial charge in [0.05, 0.1) is 18.0 Å². The first-order chi connectivity index (χ1) is 10.3. The van der Waals surface area contributed by atoms with Crippen LogP contribution in [0.25, 0.3) is 0 Å². The number of nitrogens with zero attached hydrogens (tertiary/aromatic N) is 1. The van der Waals surface area contributed by atoms with Crippen molar-refractivity contribution in [2.45, 2.75) is 18.6 Å². The minimum Gasteiger partial charge on any atom is -0.481 e. The molecule has 1 atom stereocenters. The summed E-state index contributed by atoms with van der Waals surface area (Å²) in [6.07, 6.45) is -4.62. The van der Waals surface area contributed by atoms with Crippen molar-refractivity contribution in [2.75, 3.05) is 18.1 Å². The lowest BCUT2D eigenvalue weighted by Crippen LogP contribution is -2.47. The lowest BCUT2D eigenvalue weighted by Gasteiger charge is -2.34. The topological polar surface area (TPSA) is 57.6 Å². The number of carbonyl (C=O) groups excluding carboxylic acids is 1. The number of carboxylic acid groups (broad SMARTS) is 1. The summed E-state index contributed by atoms with van der Waals surface area (Å²) in [6, 6.07) is 3.54. The molecule has 1 fully saturated rings. The highest BCUT2D eigenvalue weighted by atomic mass is 32.2. The largest absolute Gasteiger partial charge is 0.481 e. The Morgan fingerprint density at radius 1 is 1.27 bits per heavy atom. The van der Waals surface area contributed by atoms with Crippen LogP contribution < -0.4 is 0 Å². The molecule has 120 valence electrons. The zero-order valence-electron chi connectivity index (χ0n) is 11.5. The van der Waals surface area contributed by atoms with Gasteiger partial charge >= 0.3 is 12.1 Å². The first-order valence-corrected chi connectivity index (χ1v) is 7.72. The molecule has 1 unspecified atom stereocenters. The molecule has 1 aromatic rings. The molecule has 2 rings (SSSR count). The molecular weight excluding hydrogens is 319 g/mol. The molecule has 8 heteroatoms. The molecule has 1 amide bonds. The second-order valence-corrected chi connectivity index (χ2v) is 6.05.